The Balaban J connectivity index is 4.54. The van der Waals surface area contributed by atoms with Crippen LogP contribution >= 0.6 is 0 Å². The van der Waals surface area contributed by atoms with Crippen LogP contribution in [0.5, 0.6) is 0 Å². The molecule has 0 aliphatic heterocycles. The van der Waals surface area contributed by atoms with Gasteiger partial charge in [-0.05, 0) is 46.7 Å². The van der Waals surface area contributed by atoms with Crippen molar-refractivity contribution in [3.05, 3.63) is 11.3 Å². The van der Waals surface area contributed by atoms with Crippen LogP contribution in [0.25, 0.3) is 0 Å². The molecule has 0 atom stereocenters. The van der Waals surface area contributed by atoms with Crippen molar-refractivity contribution in [1.29, 1.82) is 0 Å². The van der Waals surface area contributed by atoms with Crippen molar-refractivity contribution in [2.75, 3.05) is 6.61 Å². The first-order chi connectivity index (χ1) is 8.36. The molecule has 5 heteroatoms. The maximum atomic E-state index is 11.6. The lowest BCUT2D eigenvalue weighted by Gasteiger charge is -2.19. The van der Waals surface area contributed by atoms with Crippen molar-refractivity contribution in [3.8, 4) is 0 Å². The highest BCUT2D eigenvalue weighted by atomic mass is 28.3. The average Bonchev–Trinajstić information content (AvgIpc) is 2.23. The van der Waals surface area contributed by atoms with Gasteiger partial charge in [-0.3, -0.25) is 0 Å². The highest BCUT2D eigenvalue weighted by Crippen LogP contribution is 2.06. The maximum Gasteiger partial charge on any atom is 0.349 e. The third-order valence-corrected chi connectivity index (χ3v) is 4.36. The molecule has 0 aliphatic carbocycles. The van der Waals surface area contributed by atoms with E-state index in [4.69, 9.17) is 13.6 Å². The average molecular weight is 274 g/mol. The maximum absolute atomic E-state index is 11.6. The first-order valence-corrected chi connectivity index (χ1v) is 8.14. The predicted octanol–water partition coefficient (Wildman–Crippen LogP) is 2.50. The SMILES string of the molecule is CCCOC(=O)C(C)=C[SiH](OC(C)C)OC(C)C. The molecule has 0 unspecified atom stereocenters. The molecule has 0 saturated carbocycles. The van der Waals surface area contributed by atoms with Crippen molar-refractivity contribution in [1.82, 2.24) is 0 Å². The van der Waals surface area contributed by atoms with Gasteiger partial charge in [-0.25, -0.2) is 4.79 Å². The Morgan fingerprint density at radius 2 is 1.67 bits per heavy atom. The lowest BCUT2D eigenvalue weighted by Crippen LogP contribution is -2.28. The van der Waals surface area contributed by atoms with E-state index in [-0.39, 0.29) is 18.2 Å². The zero-order valence-electron chi connectivity index (χ0n) is 12.4. The highest BCUT2D eigenvalue weighted by Gasteiger charge is 2.17. The van der Waals surface area contributed by atoms with Crippen LogP contribution in [0.15, 0.2) is 11.3 Å². The van der Waals surface area contributed by atoms with E-state index < -0.39 is 9.28 Å². The smallest absolute Gasteiger partial charge is 0.349 e. The third-order valence-electron chi connectivity index (χ3n) is 1.96. The number of rotatable bonds is 8. The van der Waals surface area contributed by atoms with E-state index in [0.717, 1.165) is 6.42 Å². The molecule has 0 spiro atoms. The molecule has 0 N–H and O–H groups in total. The van der Waals surface area contributed by atoms with Gasteiger partial charge in [0.05, 0.1) is 6.61 Å². The summed E-state index contributed by atoms with van der Waals surface area (Å²) < 4.78 is 16.5. The van der Waals surface area contributed by atoms with E-state index in [1.54, 1.807) is 12.6 Å². The number of carbonyl (C=O) groups excluding carboxylic acids is 1. The van der Waals surface area contributed by atoms with Crippen LogP contribution in [0.1, 0.15) is 48.0 Å². The number of ether oxygens (including phenoxy) is 1. The Kier molecular flexibility index (Phi) is 8.96. The summed E-state index contributed by atoms with van der Waals surface area (Å²) in [5.41, 5.74) is 2.37. The minimum atomic E-state index is -1.96. The zero-order valence-corrected chi connectivity index (χ0v) is 13.5. The molecule has 0 fully saturated rings. The van der Waals surface area contributed by atoms with E-state index in [1.807, 2.05) is 34.6 Å². The Morgan fingerprint density at radius 1 is 1.17 bits per heavy atom. The van der Waals surface area contributed by atoms with E-state index >= 15 is 0 Å². The van der Waals surface area contributed by atoms with Crippen LogP contribution in [0.4, 0.5) is 0 Å². The normalized spacial score (nSPS) is 12.6. The largest absolute Gasteiger partial charge is 0.462 e. The van der Waals surface area contributed by atoms with Gasteiger partial charge >= 0.3 is 15.3 Å². The van der Waals surface area contributed by atoms with Gasteiger partial charge in [-0.1, -0.05) is 6.92 Å². The second-order valence-corrected chi connectivity index (χ2v) is 6.34. The minimum Gasteiger partial charge on any atom is -0.462 e. The Bertz CT molecular complexity index is 264. The van der Waals surface area contributed by atoms with Crippen LogP contribution in [-0.4, -0.2) is 34.1 Å². The summed E-state index contributed by atoms with van der Waals surface area (Å²) in [6, 6.07) is 0. The summed E-state index contributed by atoms with van der Waals surface area (Å²) in [6.45, 7) is 12.0. The number of hydrogen-bond acceptors (Lipinski definition) is 4. The van der Waals surface area contributed by atoms with Crippen molar-refractivity contribution in [3.63, 3.8) is 0 Å². The van der Waals surface area contributed by atoms with Gasteiger partial charge in [-0.15, -0.1) is 0 Å². The van der Waals surface area contributed by atoms with Crippen LogP contribution in [0.3, 0.4) is 0 Å². The molecule has 0 amide bonds. The summed E-state index contributed by atoms with van der Waals surface area (Å²) in [7, 11) is -1.96. The fourth-order valence-corrected chi connectivity index (χ4v) is 3.07. The number of hydrogen-bond donors (Lipinski definition) is 0. The van der Waals surface area contributed by atoms with E-state index in [1.165, 1.54) is 0 Å². The van der Waals surface area contributed by atoms with Gasteiger partial charge < -0.3 is 13.6 Å². The van der Waals surface area contributed by atoms with Crippen LogP contribution < -0.4 is 0 Å². The molecule has 0 saturated heterocycles. The van der Waals surface area contributed by atoms with Gasteiger partial charge in [0.15, 0.2) is 0 Å². The molecule has 106 valence electrons. The third kappa shape index (κ3) is 8.44. The topological polar surface area (TPSA) is 44.8 Å². The summed E-state index contributed by atoms with van der Waals surface area (Å²) in [4.78, 5) is 11.6. The molecule has 0 aliphatic rings. The quantitative estimate of drug-likeness (QED) is 0.387. The number of esters is 1. The zero-order chi connectivity index (χ0) is 14.1. The van der Waals surface area contributed by atoms with Crippen molar-refractivity contribution in [2.45, 2.75) is 60.2 Å². The molecule has 0 heterocycles. The Labute approximate surface area is 112 Å². The highest BCUT2D eigenvalue weighted by molar-refractivity contribution is 6.51. The molecule has 0 aromatic carbocycles. The fraction of sp³-hybridized carbons (Fsp3) is 0.769. The van der Waals surface area contributed by atoms with Gasteiger partial charge in [0.1, 0.15) is 0 Å². The lowest BCUT2D eigenvalue weighted by molar-refractivity contribution is -0.138. The van der Waals surface area contributed by atoms with Gasteiger partial charge in [-0.2, -0.15) is 0 Å². The Hall–Kier alpha value is -0.653. The van der Waals surface area contributed by atoms with Crippen molar-refractivity contribution >= 4 is 15.3 Å². The molecule has 4 nitrogen and oxygen atoms in total. The minimum absolute atomic E-state index is 0.0936. The van der Waals surface area contributed by atoms with Crippen LogP contribution in [0, 0.1) is 0 Å². The monoisotopic (exact) mass is 274 g/mol. The number of carbonyl (C=O) groups is 1. The molecular weight excluding hydrogens is 248 g/mol. The van der Waals surface area contributed by atoms with Crippen LogP contribution in [0.2, 0.25) is 0 Å². The second-order valence-electron chi connectivity index (χ2n) is 4.72. The molecule has 0 bridgehead atoms. The van der Waals surface area contributed by atoms with E-state index in [0.29, 0.717) is 12.2 Å². The van der Waals surface area contributed by atoms with Crippen molar-refractivity contribution in [2.24, 2.45) is 0 Å². The first-order valence-electron chi connectivity index (χ1n) is 6.53. The molecule has 0 radical (unpaired) electrons. The van der Waals surface area contributed by atoms with E-state index in [2.05, 4.69) is 0 Å². The molecule has 0 aromatic heterocycles. The lowest BCUT2D eigenvalue weighted by atomic mass is 10.4. The molecule has 18 heavy (non-hydrogen) atoms. The van der Waals surface area contributed by atoms with E-state index in [9.17, 15) is 4.79 Å². The predicted molar refractivity (Wildman–Crippen MR) is 74.6 cm³/mol. The molecular formula is C13H26O4Si. The van der Waals surface area contributed by atoms with Crippen molar-refractivity contribution < 1.29 is 18.4 Å². The van der Waals surface area contributed by atoms with Gasteiger partial charge in [0.25, 0.3) is 0 Å². The Morgan fingerprint density at radius 3 is 2.06 bits per heavy atom. The standard InChI is InChI=1S/C13H26O4Si/c1-7-8-15-13(14)12(6)9-18(16-10(2)3)17-11(4)5/h9-11,18H,7-8H2,1-6H3. The summed E-state index contributed by atoms with van der Waals surface area (Å²) in [6.07, 6.45) is 1.01. The summed E-state index contributed by atoms with van der Waals surface area (Å²) >= 11 is 0. The van der Waals surface area contributed by atoms with Gasteiger partial charge in [0.2, 0.25) is 0 Å². The first kappa shape index (κ1) is 17.3. The van der Waals surface area contributed by atoms with Gasteiger partial charge in [0, 0.05) is 17.8 Å². The van der Waals surface area contributed by atoms with Crippen LogP contribution in [-0.2, 0) is 18.4 Å². The second kappa shape index (κ2) is 9.30. The molecule has 0 aromatic rings. The summed E-state index contributed by atoms with van der Waals surface area (Å²) in [5.74, 6) is -0.283. The summed E-state index contributed by atoms with van der Waals surface area (Å²) in [5, 5.41) is 0. The fourth-order valence-electron chi connectivity index (χ4n) is 1.23. The molecule has 0 rings (SSSR count).